The quantitative estimate of drug-likeness (QED) is 0.613. The van der Waals surface area contributed by atoms with Crippen LogP contribution in [0.3, 0.4) is 0 Å². The van der Waals surface area contributed by atoms with Crippen molar-refractivity contribution in [3.8, 4) is 0 Å². The number of nitrogens with zero attached hydrogens (tertiary/aromatic N) is 4. The molecule has 3 heterocycles. The fourth-order valence-electron chi connectivity index (χ4n) is 4.54. The van der Waals surface area contributed by atoms with Crippen LogP contribution in [-0.4, -0.2) is 59.7 Å². The minimum atomic E-state index is -1.07. The van der Waals surface area contributed by atoms with Crippen molar-refractivity contribution in [1.29, 1.82) is 0 Å². The summed E-state index contributed by atoms with van der Waals surface area (Å²) in [5, 5.41) is 4.98. The van der Waals surface area contributed by atoms with E-state index in [4.69, 9.17) is 0 Å². The van der Waals surface area contributed by atoms with E-state index >= 15 is 0 Å². The maximum atomic E-state index is 13.4. The molecule has 0 bridgehead atoms. The minimum Gasteiger partial charge on any atom is -0.330 e. The molecule has 158 valence electrons. The van der Waals surface area contributed by atoms with E-state index in [9.17, 15) is 9.59 Å². The Bertz CT molecular complexity index is 1120. The number of benzene rings is 2. The van der Waals surface area contributed by atoms with Crippen LogP contribution in [0.1, 0.15) is 12.5 Å². The number of anilines is 1. The third-order valence-electron chi connectivity index (χ3n) is 6.29. The van der Waals surface area contributed by atoms with Gasteiger partial charge in [0.15, 0.2) is 6.67 Å². The number of quaternary nitrogens is 1. The van der Waals surface area contributed by atoms with Gasteiger partial charge in [-0.2, -0.15) is 0 Å². The predicted molar refractivity (Wildman–Crippen MR) is 116 cm³/mol. The number of amides is 3. The van der Waals surface area contributed by atoms with Crippen LogP contribution in [0.4, 0.5) is 10.7 Å². The van der Waals surface area contributed by atoms with E-state index in [-0.39, 0.29) is 11.9 Å². The van der Waals surface area contributed by atoms with Gasteiger partial charge in [0.25, 0.3) is 5.91 Å². The maximum absolute atomic E-state index is 13.4. The number of rotatable bonds is 4. The van der Waals surface area contributed by atoms with Crippen LogP contribution < -0.4 is 15.1 Å². The lowest BCUT2D eigenvalue weighted by molar-refractivity contribution is -0.907. The number of fused-ring (bicyclic) bond motifs is 1. The highest BCUT2D eigenvalue weighted by molar-refractivity contribution is 6.09. The van der Waals surface area contributed by atoms with Crippen molar-refractivity contribution in [2.24, 2.45) is 0 Å². The van der Waals surface area contributed by atoms with E-state index in [1.165, 1.54) is 9.80 Å². The second-order valence-electron chi connectivity index (χ2n) is 8.26. The molecule has 0 radical (unpaired) electrons. The SMILES string of the molecule is C[C@@]1(c2cccc3ccccc23)NC(=O)N(C[NH+]2CCN(c3ncccn3)CC2)C1=O. The van der Waals surface area contributed by atoms with Gasteiger partial charge in [0, 0.05) is 12.4 Å². The molecule has 3 amide bonds. The first-order chi connectivity index (χ1) is 15.1. The van der Waals surface area contributed by atoms with Crippen molar-refractivity contribution in [2.45, 2.75) is 12.5 Å². The van der Waals surface area contributed by atoms with Crippen LogP contribution >= 0.6 is 0 Å². The molecule has 0 aliphatic carbocycles. The van der Waals surface area contributed by atoms with Crippen molar-refractivity contribution in [1.82, 2.24) is 20.2 Å². The maximum Gasteiger partial charge on any atom is 0.329 e. The number of imide groups is 1. The number of carbonyl (C=O) groups excluding carboxylic acids is 2. The van der Waals surface area contributed by atoms with Gasteiger partial charge >= 0.3 is 6.03 Å². The number of urea groups is 1. The van der Waals surface area contributed by atoms with E-state index in [2.05, 4.69) is 20.2 Å². The first kappa shape index (κ1) is 19.4. The monoisotopic (exact) mass is 417 g/mol. The molecule has 1 aromatic heterocycles. The Morgan fingerprint density at radius 1 is 1.00 bits per heavy atom. The van der Waals surface area contributed by atoms with Crippen LogP contribution in [0.2, 0.25) is 0 Å². The van der Waals surface area contributed by atoms with Crippen molar-refractivity contribution >= 4 is 28.7 Å². The van der Waals surface area contributed by atoms with E-state index < -0.39 is 5.54 Å². The molecule has 1 atom stereocenters. The number of hydrogen-bond donors (Lipinski definition) is 2. The zero-order valence-corrected chi connectivity index (χ0v) is 17.4. The average molecular weight is 417 g/mol. The smallest absolute Gasteiger partial charge is 0.329 e. The first-order valence-electron chi connectivity index (χ1n) is 10.5. The topological polar surface area (TPSA) is 82.9 Å². The summed E-state index contributed by atoms with van der Waals surface area (Å²) in [7, 11) is 0. The summed E-state index contributed by atoms with van der Waals surface area (Å²) in [6.07, 6.45) is 3.48. The van der Waals surface area contributed by atoms with Gasteiger partial charge in [-0.25, -0.2) is 19.7 Å². The highest BCUT2D eigenvalue weighted by atomic mass is 16.2. The van der Waals surface area contributed by atoms with Crippen LogP contribution in [0.5, 0.6) is 0 Å². The summed E-state index contributed by atoms with van der Waals surface area (Å²) in [5.74, 6) is 0.523. The molecule has 5 rings (SSSR count). The molecule has 31 heavy (non-hydrogen) atoms. The number of nitrogens with one attached hydrogen (secondary N) is 2. The van der Waals surface area contributed by atoms with E-state index in [0.29, 0.717) is 6.67 Å². The predicted octanol–water partition coefficient (Wildman–Crippen LogP) is 0.759. The first-order valence-corrected chi connectivity index (χ1v) is 10.5. The van der Waals surface area contributed by atoms with Crippen LogP contribution in [-0.2, 0) is 10.3 Å². The Kier molecular flexibility index (Phi) is 4.78. The second-order valence-corrected chi connectivity index (χ2v) is 8.26. The standard InChI is InChI=1S/C23H24N6O2/c1-23(19-9-4-7-17-6-2-3-8-18(17)19)20(30)29(22(31)26-23)16-27-12-14-28(15-13-27)21-24-10-5-11-25-21/h2-11H,12-16H2,1H3,(H,26,31)/p+1/t23-/m0/s1. The molecule has 2 fully saturated rings. The zero-order chi connectivity index (χ0) is 21.4. The highest BCUT2D eigenvalue weighted by Gasteiger charge is 2.50. The summed E-state index contributed by atoms with van der Waals surface area (Å²) >= 11 is 0. The summed E-state index contributed by atoms with van der Waals surface area (Å²) in [6.45, 7) is 5.33. The lowest BCUT2D eigenvalue weighted by Crippen LogP contribution is -3.16. The molecule has 8 heteroatoms. The molecular weight excluding hydrogens is 392 g/mol. The second kappa shape index (κ2) is 7.63. The van der Waals surface area contributed by atoms with Gasteiger partial charge in [-0.05, 0) is 29.3 Å². The van der Waals surface area contributed by atoms with Crippen molar-refractivity contribution < 1.29 is 14.5 Å². The van der Waals surface area contributed by atoms with E-state index in [1.807, 2.05) is 42.5 Å². The number of hydrogen-bond acceptors (Lipinski definition) is 5. The van der Waals surface area contributed by atoms with Gasteiger partial charge in [0.1, 0.15) is 5.54 Å². The molecule has 8 nitrogen and oxygen atoms in total. The van der Waals surface area contributed by atoms with Crippen LogP contribution in [0.25, 0.3) is 10.8 Å². The summed E-state index contributed by atoms with van der Waals surface area (Å²) in [5.41, 5.74) is -0.246. The number of piperazine rings is 1. The van der Waals surface area contributed by atoms with Gasteiger partial charge in [-0.1, -0.05) is 42.5 Å². The zero-order valence-electron chi connectivity index (χ0n) is 17.4. The van der Waals surface area contributed by atoms with E-state index in [1.54, 1.807) is 25.4 Å². The third kappa shape index (κ3) is 3.38. The van der Waals surface area contributed by atoms with Gasteiger partial charge in [-0.3, -0.25) is 4.79 Å². The molecule has 2 N–H and O–H groups in total. The number of aromatic nitrogens is 2. The van der Waals surface area contributed by atoms with Gasteiger partial charge in [0.05, 0.1) is 26.2 Å². The summed E-state index contributed by atoms with van der Waals surface area (Å²) < 4.78 is 0. The van der Waals surface area contributed by atoms with Gasteiger partial charge < -0.3 is 15.1 Å². The van der Waals surface area contributed by atoms with Crippen molar-refractivity contribution in [3.63, 3.8) is 0 Å². The lowest BCUT2D eigenvalue weighted by atomic mass is 9.88. The Balaban J connectivity index is 1.32. The molecule has 2 saturated heterocycles. The Hall–Kier alpha value is -3.52. The number of carbonyl (C=O) groups is 2. The van der Waals surface area contributed by atoms with Gasteiger partial charge in [0.2, 0.25) is 5.95 Å². The minimum absolute atomic E-state index is 0.199. The Morgan fingerprint density at radius 2 is 1.71 bits per heavy atom. The normalized spacial score (nSPS) is 22.2. The lowest BCUT2D eigenvalue weighted by Gasteiger charge is -2.33. The van der Waals surface area contributed by atoms with Gasteiger partial charge in [-0.15, -0.1) is 0 Å². The molecule has 0 unspecified atom stereocenters. The highest BCUT2D eigenvalue weighted by Crippen LogP contribution is 2.33. The fourth-order valence-corrected chi connectivity index (χ4v) is 4.54. The summed E-state index contributed by atoms with van der Waals surface area (Å²) in [4.78, 5) is 39.6. The molecule has 0 spiro atoms. The Labute approximate surface area is 180 Å². The Morgan fingerprint density at radius 3 is 2.48 bits per heavy atom. The molecular formula is C23H25N6O2+. The average Bonchev–Trinajstić information content (AvgIpc) is 3.03. The van der Waals surface area contributed by atoms with E-state index in [0.717, 1.165) is 48.5 Å². The van der Waals surface area contributed by atoms with Crippen LogP contribution in [0, 0.1) is 0 Å². The molecule has 3 aromatic rings. The molecule has 2 aliphatic heterocycles. The molecule has 2 aromatic carbocycles. The molecule has 0 saturated carbocycles. The largest absolute Gasteiger partial charge is 0.330 e. The van der Waals surface area contributed by atoms with Crippen molar-refractivity contribution in [3.05, 3.63) is 66.5 Å². The van der Waals surface area contributed by atoms with Crippen molar-refractivity contribution in [2.75, 3.05) is 37.7 Å². The fraction of sp³-hybridized carbons (Fsp3) is 0.304. The summed E-state index contributed by atoms with van der Waals surface area (Å²) in [6, 6.07) is 15.3. The molecule has 2 aliphatic rings. The third-order valence-corrected chi connectivity index (χ3v) is 6.29. The van der Waals surface area contributed by atoms with Crippen LogP contribution in [0.15, 0.2) is 60.9 Å².